The summed E-state index contributed by atoms with van der Waals surface area (Å²) in [5.41, 5.74) is 1.34. The van der Waals surface area contributed by atoms with Gasteiger partial charge >= 0.3 is 11.9 Å². The second-order valence-electron chi connectivity index (χ2n) is 4.99. The predicted molar refractivity (Wildman–Crippen MR) is 84.3 cm³/mol. The first-order valence-electron chi connectivity index (χ1n) is 7.01. The number of hydrogen-bond donors (Lipinski definition) is 0. The highest BCUT2D eigenvalue weighted by atomic mass is 16.6. The van der Waals surface area contributed by atoms with Crippen LogP contribution in [0.2, 0.25) is 0 Å². The first-order chi connectivity index (χ1) is 11.4. The van der Waals surface area contributed by atoms with Crippen LogP contribution in [0.15, 0.2) is 42.5 Å². The molecular formula is C18H14O6. The Bertz CT molecular complexity index is 805. The summed E-state index contributed by atoms with van der Waals surface area (Å²) in [5.74, 6) is -2.22. The predicted octanol–water partition coefficient (Wildman–Crippen LogP) is 2.52. The monoisotopic (exact) mass is 326 g/mol. The number of hydrogen-bond acceptors (Lipinski definition) is 6. The van der Waals surface area contributed by atoms with E-state index in [4.69, 9.17) is 9.47 Å². The van der Waals surface area contributed by atoms with Gasteiger partial charge in [0.1, 0.15) is 0 Å². The van der Waals surface area contributed by atoms with Gasteiger partial charge in [-0.05, 0) is 37.3 Å². The number of carbonyl (C=O) groups excluding carboxylic acids is 4. The number of Topliss-reactive ketones (excluding diaryl/α,β-unsaturated/α-hetero) is 1. The Balaban J connectivity index is 2.32. The lowest BCUT2D eigenvalue weighted by Crippen LogP contribution is -2.11. The number of aryl methyl sites for hydroxylation is 1. The third-order valence-electron chi connectivity index (χ3n) is 3.08. The van der Waals surface area contributed by atoms with Gasteiger partial charge in [0.25, 0.3) is 0 Å². The second kappa shape index (κ2) is 7.32. The third-order valence-corrected chi connectivity index (χ3v) is 3.08. The van der Waals surface area contributed by atoms with Gasteiger partial charge in [0.15, 0.2) is 17.8 Å². The highest BCUT2D eigenvalue weighted by Gasteiger charge is 2.16. The number of aldehydes is 1. The Labute approximate surface area is 138 Å². The molecule has 0 unspecified atom stereocenters. The molecule has 0 spiro atoms. The number of esters is 2. The maximum absolute atomic E-state index is 12.2. The van der Waals surface area contributed by atoms with Crippen LogP contribution in [-0.4, -0.2) is 24.0 Å². The minimum atomic E-state index is -0.778. The van der Waals surface area contributed by atoms with Gasteiger partial charge in [-0.2, -0.15) is 0 Å². The molecular weight excluding hydrogens is 312 g/mol. The van der Waals surface area contributed by atoms with Crippen LogP contribution in [-0.2, 0) is 9.59 Å². The van der Waals surface area contributed by atoms with Crippen LogP contribution < -0.4 is 9.47 Å². The van der Waals surface area contributed by atoms with Gasteiger partial charge in [-0.3, -0.25) is 14.4 Å². The summed E-state index contributed by atoms with van der Waals surface area (Å²) in [7, 11) is 0. The molecule has 2 aromatic rings. The first kappa shape index (κ1) is 17.1. The van der Waals surface area contributed by atoms with Crippen molar-refractivity contribution < 1.29 is 28.7 Å². The Hall–Kier alpha value is -3.28. The molecule has 0 aromatic heterocycles. The van der Waals surface area contributed by atoms with Crippen molar-refractivity contribution in [3.63, 3.8) is 0 Å². The molecule has 0 heterocycles. The Morgan fingerprint density at radius 2 is 1.50 bits per heavy atom. The molecule has 6 nitrogen and oxygen atoms in total. The molecule has 0 saturated heterocycles. The van der Waals surface area contributed by atoms with E-state index in [1.807, 2.05) is 6.92 Å². The summed E-state index contributed by atoms with van der Waals surface area (Å²) >= 11 is 0. The zero-order chi connectivity index (χ0) is 17.7. The fourth-order valence-corrected chi connectivity index (χ4v) is 1.90. The number of ether oxygens (including phenoxy) is 2. The SMILES string of the molecule is CC(=O)Oc1cc(C(=O)C=O)ccc1OC(=O)c1ccc(C)cc1. The molecule has 0 N–H and O–H groups in total. The lowest BCUT2D eigenvalue weighted by atomic mass is 10.1. The van der Waals surface area contributed by atoms with E-state index in [9.17, 15) is 19.2 Å². The summed E-state index contributed by atoms with van der Waals surface area (Å²) in [6.45, 7) is 3.05. The average molecular weight is 326 g/mol. The van der Waals surface area contributed by atoms with E-state index in [0.717, 1.165) is 5.56 Å². The molecule has 0 fully saturated rings. The van der Waals surface area contributed by atoms with Gasteiger partial charge in [0.05, 0.1) is 5.56 Å². The summed E-state index contributed by atoms with van der Waals surface area (Å²) in [4.78, 5) is 45.3. The number of carbonyl (C=O) groups is 4. The molecule has 0 amide bonds. The van der Waals surface area contributed by atoms with Gasteiger partial charge in [-0.25, -0.2) is 4.79 Å². The fourth-order valence-electron chi connectivity index (χ4n) is 1.90. The van der Waals surface area contributed by atoms with E-state index in [2.05, 4.69) is 0 Å². The molecule has 0 radical (unpaired) electrons. The molecule has 0 aliphatic rings. The quantitative estimate of drug-likeness (QED) is 0.276. The molecule has 122 valence electrons. The molecule has 0 bridgehead atoms. The van der Waals surface area contributed by atoms with Crippen LogP contribution in [0.3, 0.4) is 0 Å². The van der Waals surface area contributed by atoms with E-state index in [0.29, 0.717) is 5.56 Å². The van der Waals surface area contributed by atoms with Crippen molar-refractivity contribution in [1.29, 1.82) is 0 Å². The minimum Gasteiger partial charge on any atom is -0.423 e. The van der Waals surface area contributed by atoms with Crippen molar-refractivity contribution in [3.05, 3.63) is 59.2 Å². The van der Waals surface area contributed by atoms with Gasteiger partial charge in [-0.15, -0.1) is 0 Å². The molecule has 0 aliphatic carbocycles. The van der Waals surface area contributed by atoms with Crippen molar-refractivity contribution in [1.82, 2.24) is 0 Å². The van der Waals surface area contributed by atoms with E-state index >= 15 is 0 Å². The Morgan fingerprint density at radius 1 is 0.875 bits per heavy atom. The molecule has 0 atom stereocenters. The van der Waals surface area contributed by atoms with E-state index < -0.39 is 17.7 Å². The highest BCUT2D eigenvalue weighted by molar-refractivity contribution is 6.33. The first-order valence-corrected chi connectivity index (χ1v) is 7.01. The average Bonchev–Trinajstić information content (AvgIpc) is 2.55. The van der Waals surface area contributed by atoms with Crippen LogP contribution in [0, 0.1) is 6.92 Å². The topological polar surface area (TPSA) is 86.7 Å². The van der Waals surface area contributed by atoms with Crippen LogP contribution in [0.25, 0.3) is 0 Å². The van der Waals surface area contributed by atoms with E-state index in [-0.39, 0.29) is 23.3 Å². The summed E-state index contributed by atoms with van der Waals surface area (Å²) in [5, 5.41) is 0. The van der Waals surface area contributed by atoms with Crippen molar-refractivity contribution in [3.8, 4) is 11.5 Å². The van der Waals surface area contributed by atoms with Crippen LogP contribution >= 0.6 is 0 Å². The Kier molecular flexibility index (Phi) is 5.21. The molecule has 0 saturated carbocycles. The summed E-state index contributed by atoms with van der Waals surface area (Å²) < 4.78 is 10.2. The van der Waals surface area contributed by atoms with Crippen LogP contribution in [0.5, 0.6) is 11.5 Å². The largest absolute Gasteiger partial charge is 0.423 e. The van der Waals surface area contributed by atoms with E-state index in [1.54, 1.807) is 24.3 Å². The zero-order valence-corrected chi connectivity index (χ0v) is 13.1. The van der Waals surface area contributed by atoms with Gasteiger partial charge < -0.3 is 9.47 Å². The molecule has 2 rings (SSSR count). The minimum absolute atomic E-state index is 0.0244. The van der Waals surface area contributed by atoms with Gasteiger partial charge in [0, 0.05) is 12.5 Å². The highest BCUT2D eigenvalue weighted by Crippen LogP contribution is 2.29. The smallest absolute Gasteiger partial charge is 0.343 e. The van der Waals surface area contributed by atoms with Crippen molar-refractivity contribution in [2.45, 2.75) is 13.8 Å². The van der Waals surface area contributed by atoms with Crippen molar-refractivity contribution >= 4 is 24.0 Å². The normalized spacial score (nSPS) is 9.92. The van der Waals surface area contributed by atoms with Crippen molar-refractivity contribution in [2.75, 3.05) is 0 Å². The molecule has 24 heavy (non-hydrogen) atoms. The number of benzene rings is 2. The third kappa shape index (κ3) is 4.13. The molecule has 0 aliphatic heterocycles. The lowest BCUT2D eigenvalue weighted by molar-refractivity contribution is -0.132. The maximum Gasteiger partial charge on any atom is 0.343 e. The molecule has 2 aromatic carbocycles. The fraction of sp³-hybridized carbons (Fsp3) is 0.111. The number of ketones is 1. The standard InChI is InChI=1S/C18H14O6/c1-11-3-5-13(6-4-11)18(22)24-16-8-7-14(15(21)10-19)9-17(16)23-12(2)20/h3-10H,1-2H3. The summed E-state index contributed by atoms with van der Waals surface area (Å²) in [6.07, 6.45) is 0.144. The van der Waals surface area contributed by atoms with Crippen LogP contribution in [0.1, 0.15) is 33.2 Å². The zero-order valence-electron chi connectivity index (χ0n) is 13.1. The maximum atomic E-state index is 12.2. The Morgan fingerprint density at radius 3 is 2.08 bits per heavy atom. The second-order valence-corrected chi connectivity index (χ2v) is 4.99. The molecule has 6 heteroatoms. The van der Waals surface area contributed by atoms with Crippen LogP contribution in [0.4, 0.5) is 0 Å². The lowest BCUT2D eigenvalue weighted by Gasteiger charge is -2.10. The summed E-state index contributed by atoms with van der Waals surface area (Å²) in [6, 6.07) is 10.5. The van der Waals surface area contributed by atoms with Gasteiger partial charge in [-0.1, -0.05) is 17.7 Å². The van der Waals surface area contributed by atoms with Crippen molar-refractivity contribution in [2.24, 2.45) is 0 Å². The van der Waals surface area contributed by atoms with Gasteiger partial charge in [0.2, 0.25) is 5.78 Å². The van der Waals surface area contributed by atoms with E-state index in [1.165, 1.54) is 25.1 Å². The number of rotatable bonds is 5.